The van der Waals surface area contributed by atoms with Crippen molar-refractivity contribution in [1.29, 1.82) is 0 Å². The molecule has 1 aliphatic heterocycles. The summed E-state index contributed by atoms with van der Waals surface area (Å²) in [5.74, 6) is 2.58. The molecular weight excluding hydrogens is 368 g/mol. The van der Waals surface area contributed by atoms with Gasteiger partial charge in [-0.25, -0.2) is 9.67 Å². The van der Waals surface area contributed by atoms with Gasteiger partial charge in [0.25, 0.3) is 0 Å². The van der Waals surface area contributed by atoms with Crippen LogP contribution in [-0.2, 0) is 13.0 Å². The molecule has 2 atom stereocenters. The van der Waals surface area contributed by atoms with Crippen LogP contribution in [0.15, 0.2) is 35.5 Å². The van der Waals surface area contributed by atoms with E-state index >= 15 is 0 Å². The Balaban J connectivity index is 1.25. The van der Waals surface area contributed by atoms with Gasteiger partial charge in [-0.1, -0.05) is 0 Å². The van der Waals surface area contributed by atoms with Crippen LogP contribution in [0.2, 0.25) is 0 Å². The smallest absolute Gasteiger partial charge is 0.247 e. The number of hydrogen-bond donors (Lipinski definition) is 3. The predicted molar refractivity (Wildman–Crippen MR) is 110 cm³/mol. The van der Waals surface area contributed by atoms with Crippen LogP contribution in [-0.4, -0.2) is 41.8 Å². The van der Waals surface area contributed by atoms with E-state index in [1.165, 1.54) is 18.9 Å². The van der Waals surface area contributed by atoms with Crippen LogP contribution >= 0.6 is 0 Å². The van der Waals surface area contributed by atoms with E-state index in [0.717, 1.165) is 61.1 Å². The monoisotopic (exact) mass is 392 g/mol. The molecule has 5 rings (SSSR count). The third-order valence-corrected chi connectivity index (χ3v) is 5.63. The summed E-state index contributed by atoms with van der Waals surface area (Å²) < 4.78 is 2.03. The van der Waals surface area contributed by atoms with E-state index in [2.05, 4.69) is 35.7 Å². The Kier molecular flexibility index (Phi) is 4.71. The van der Waals surface area contributed by atoms with Gasteiger partial charge in [0.05, 0.1) is 0 Å². The maximum absolute atomic E-state index is 11.3. The van der Waals surface area contributed by atoms with Gasteiger partial charge in [-0.2, -0.15) is 4.98 Å². The lowest BCUT2D eigenvalue weighted by molar-refractivity contribution is 0.480. The minimum Gasteiger partial charge on any atom is -0.365 e. The number of aryl methyl sites for hydroxylation is 2. The van der Waals surface area contributed by atoms with Gasteiger partial charge in [-0.15, -0.1) is 5.10 Å². The summed E-state index contributed by atoms with van der Waals surface area (Å²) in [5, 5.41) is 11.7. The number of rotatable bonds is 5. The summed E-state index contributed by atoms with van der Waals surface area (Å²) in [7, 11) is 0. The molecule has 9 heteroatoms. The normalized spacial score (nSPS) is 21.0. The number of pyridine rings is 1. The van der Waals surface area contributed by atoms with Crippen LogP contribution < -0.4 is 16.2 Å². The first kappa shape index (κ1) is 17.8. The quantitative estimate of drug-likeness (QED) is 0.610. The van der Waals surface area contributed by atoms with Crippen LogP contribution in [0, 0.1) is 0 Å². The molecule has 29 heavy (non-hydrogen) atoms. The first-order chi connectivity index (χ1) is 14.2. The van der Waals surface area contributed by atoms with Gasteiger partial charge in [-0.05, 0) is 38.2 Å². The standard InChI is InChI=1S/C20H24N8O/c29-17-7-4-13(12-23-17)18-19(22-9-8-21-18)24-14-5-6-15(11-14)25-20-26-16-3-1-2-10-28(16)27-20/h4,7-9,12,14-15H,1-3,5-6,10-11H2,(H,22,24)(H,23,29)(H,25,27)/t14-,15-/m0/s1. The highest BCUT2D eigenvalue weighted by Crippen LogP contribution is 2.28. The van der Waals surface area contributed by atoms with Crippen LogP contribution in [0.5, 0.6) is 0 Å². The Morgan fingerprint density at radius 1 is 1.07 bits per heavy atom. The summed E-state index contributed by atoms with van der Waals surface area (Å²) in [6, 6.07) is 3.90. The second-order valence-corrected chi connectivity index (χ2v) is 7.72. The molecule has 0 saturated heterocycles. The lowest BCUT2D eigenvalue weighted by Gasteiger charge is -2.16. The number of aromatic amines is 1. The highest BCUT2D eigenvalue weighted by Gasteiger charge is 2.27. The van der Waals surface area contributed by atoms with Crippen molar-refractivity contribution in [3.63, 3.8) is 0 Å². The lowest BCUT2D eigenvalue weighted by atomic mass is 10.2. The largest absolute Gasteiger partial charge is 0.365 e. The summed E-state index contributed by atoms with van der Waals surface area (Å²) in [6.45, 7) is 0.971. The molecule has 1 aliphatic carbocycles. The number of anilines is 2. The zero-order chi connectivity index (χ0) is 19.6. The molecule has 150 valence electrons. The van der Waals surface area contributed by atoms with Crippen LogP contribution in [0.4, 0.5) is 11.8 Å². The molecule has 0 spiro atoms. The zero-order valence-corrected chi connectivity index (χ0v) is 16.1. The third-order valence-electron chi connectivity index (χ3n) is 5.63. The zero-order valence-electron chi connectivity index (χ0n) is 16.1. The van der Waals surface area contributed by atoms with E-state index in [1.807, 2.05) is 4.68 Å². The number of H-pyrrole nitrogens is 1. The van der Waals surface area contributed by atoms with E-state index in [-0.39, 0.29) is 5.56 Å². The number of fused-ring (bicyclic) bond motifs is 1. The van der Waals surface area contributed by atoms with Crippen molar-refractivity contribution in [2.75, 3.05) is 10.6 Å². The van der Waals surface area contributed by atoms with E-state index in [0.29, 0.717) is 12.1 Å². The minimum absolute atomic E-state index is 0.133. The molecule has 3 aromatic heterocycles. The third kappa shape index (κ3) is 3.85. The van der Waals surface area contributed by atoms with Crippen molar-refractivity contribution >= 4 is 11.8 Å². The van der Waals surface area contributed by atoms with E-state index < -0.39 is 0 Å². The van der Waals surface area contributed by atoms with Gasteiger partial charge >= 0.3 is 0 Å². The van der Waals surface area contributed by atoms with Crippen LogP contribution in [0.25, 0.3) is 11.3 Å². The highest BCUT2D eigenvalue weighted by molar-refractivity contribution is 5.70. The second kappa shape index (κ2) is 7.65. The van der Waals surface area contributed by atoms with Gasteiger partial charge in [-0.3, -0.25) is 9.78 Å². The number of nitrogens with zero attached hydrogens (tertiary/aromatic N) is 5. The fraction of sp³-hybridized carbons (Fsp3) is 0.450. The fourth-order valence-electron chi connectivity index (χ4n) is 4.18. The molecule has 0 amide bonds. The van der Waals surface area contributed by atoms with Gasteiger partial charge in [0.15, 0.2) is 5.82 Å². The summed E-state index contributed by atoms with van der Waals surface area (Å²) >= 11 is 0. The molecule has 0 radical (unpaired) electrons. The summed E-state index contributed by atoms with van der Waals surface area (Å²) in [4.78, 5) is 27.6. The van der Waals surface area contributed by atoms with E-state index in [9.17, 15) is 4.79 Å². The van der Waals surface area contributed by atoms with Crippen molar-refractivity contribution in [1.82, 2.24) is 29.7 Å². The first-order valence-corrected chi connectivity index (χ1v) is 10.2. The van der Waals surface area contributed by atoms with Gasteiger partial charge in [0.2, 0.25) is 11.5 Å². The number of aromatic nitrogens is 6. The molecule has 2 aliphatic rings. The SMILES string of the molecule is O=c1ccc(-c2nccnc2N[C@H]2CC[C@H](Nc3nc4n(n3)CCCC4)C2)c[nH]1. The second-order valence-electron chi connectivity index (χ2n) is 7.72. The van der Waals surface area contributed by atoms with E-state index in [4.69, 9.17) is 0 Å². The maximum Gasteiger partial charge on any atom is 0.247 e. The highest BCUT2D eigenvalue weighted by atomic mass is 16.1. The van der Waals surface area contributed by atoms with Crippen LogP contribution in [0.1, 0.15) is 37.9 Å². The number of nitrogens with one attached hydrogen (secondary N) is 3. The van der Waals surface area contributed by atoms with Gasteiger partial charge < -0.3 is 15.6 Å². The molecule has 0 bridgehead atoms. The van der Waals surface area contributed by atoms with Gasteiger partial charge in [0.1, 0.15) is 11.5 Å². The molecule has 0 unspecified atom stereocenters. The molecule has 1 saturated carbocycles. The van der Waals surface area contributed by atoms with Crippen molar-refractivity contribution in [2.24, 2.45) is 0 Å². The van der Waals surface area contributed by atoms with Gasteiger partial charge in [0, 0.05) is 55.3 Å². The van der Waals surface area contributed by atoms with Crippen molar-refractivity contribution in [2.45, 2.75) is 57.2 Å². The Morgan fingerprint density at radius 2 is 1.93 bits per heavy atom. The summed E-state index contributed by atoms with van der Waals surface area (Å²) in [6.07, 6.45) is 11.5. The van der Waals surface area contributed by atoms with Crippen molar-refractivity contribution in [3.8, 4) is 11.3 Å². The Hall–Kier alpha value is -3.23. The van der Waals surface area contributed by atoms with Crippen molar-refractivity contribution < 1.29 is 0 Å². The molecule has 0 aromatic carbocycles. The minimum atomic E-state index is -0.133. The number of hydrogen-bond acceptors (Lipinski definition) is 7. The molecule has 1 fully saturated rings. The lowest BCUT2D eigenvalue weighted by Crippen LogP contribution is -2.22. The Labute approximate surface area is 168 Å². The molecule has 9 nitrogen and oxygen atoms in total. The molecule has 3 aromatic rings. The predicted octanol–water partition coefficient (Wildman–Crippen LogP) is 2.20. The average Bonchev–Trinajstić information content (AvgIpc) is 3.35. The van der Waals surface area contributed by atoms with Crippen LogP contribution in [0.3, 0.4) is 0 Å². The molecule has 4 heterocycles. The first-order valence-electron chi connectivity index (χ1n) is 10.2. The molecular formula is C20H24N8O. The molecule has 3 N–H and O–H groups in total. The summed E-state index contributed by atoms with van der Waals surface area (Å²) in [5.41, 5.74) is 1.44. The average molecular weight is 392 g/mol. The topological polar surface area (TPSA) is 113 Å². The maximum atomic E-state index is 11.3. The fourth-order valence-corrected chi connectivity index (χ4v) is 4.18. The van der Waals surface area contributed by atoms with Crippen molar-refractivity contribution in [3.05, 3.63) is 46.9 Å². The Bertz CT molecular complexity index is 1010. The van der Waals surface area contributed by atoms with E-state index in [1.54, 1.807) is 24.7 Å². The Morgan fingerprint density at radius 3 is 2.76 bits per heavy atom.